The van der Waals surface area contributed by atoms with Gasteiger partial charge in [-0.15, -0.1) is 0 Å². The molecule has 186 valence electrons. The second-order valence-corrected chi connectivity index (χ2v) is 7.57. The molecule has 0 unspecified atom stereocenters. The summed E-state index contributed by atoms with van der Waals surface area (Å²) >= 11 is 0. The van der Waals surface area contributed by atoms with E-state index in [1.165, 1.54) is 0 Å². The molecule has 2 aromatic carbocycles. The van der Waals surface area contributed by atoms with Gasteiger partial charge in [-0.2, -0.15) is 26.3 Å². The average Bonchev–Trinajstić information content (AvgIpc) is 2.81. The number of morpholine rings is 1. The summed E-state index contributed by atoms with van der Waals surface area (Å²) in [5.74, 6) is -0.626. The summed E-state index contributed by atoms with van der Waals surface area (Å²) in [6.45, 7) is 1.12. The van der Waals surface area contributed by atoms with Crippen molar-refractivity contribution in [1.82, 2.24) is 9.97 Å². The first-order valence-corrected chi connectivity index (χ1v) is 10.3. The lowest BCUT2D eigenvalue weighted by Crippen LogP contribution is -2.37. The summed E-state index contributed by atoms with van der Waals surface area (Å²) in [7, 11) is 0. The first-order chi connectivity index (χ1) is 16.5. The number of carbonyl (C=O) groups excluding carboxylic acids is 1. The summed E-state index contributed by atoms with van der Waals surface area (Å²) in [4.78, 5) is 23.1. The highest BCUT2D eigenvalue weighted by molar-refractivity contribution is 5.92. The van der Waals surface area contributed by atoms with Crippen molar-refractivity contribution in [2.45, 2.75) is 12.4 Å². The monoisotopic (exact) mass is 500 g/mol. The highest BCUT2D eigenvalue weighted by Crippen LogP contribution is 2.37. The standard InChI is InChI=1S/C22H18F6N4O3/c23-21(24,25)13-9-14(22(26,27)28)11-15(10-13)29-18(33)12-35-20-19(32-5-7-34-8-6-32)30-16-3-1-2-4-17(16)31-20/h1-4,9-11H,5-8,12H2,(H,29,33). The van der Waals surface area contributed by atoms with Crippen LogP contribution in [0.3, 0.4) is 0 Å². The molecule has 3 aromatic rings. The van der Waals surface area contributed by atoms with E-state index in [0.717, 1.165) is 0 Å². The fourth-order valence-electron chi connectivity index (χ4n) is 3.41. The van der Waals surface area contributed by atoms with Crippen LogP contribution in [-0.2, 0) is 21.9 Å². The number of benzene rings is 2. The average molecular weight is 500 g/mol. The van der Waals surface area contributed by atoms with Gasteiger partial charge in [0.25, 0.3) is 11.8 Å². The van der Waals surface area contributed by atoms with Crippen LogP contribution < -0.4 is 15.0 Å². The van der Waals surface area contributed by atoms with Crippen LogP contribution in [0.1, 0.15) is 11.1 Å². The van der Waals surface area contributed by atoms with Crippen LogP contribution in [0.15, 0.2) is 42.5 Å². The molecule has 4 rings (SSSR count). The number of nitrogens with one attached hydrogen (secondary N) is 1. The highest BCUT2D eigenvalue weighted by atomic mass is 19.4. The van der Waals surface area contributed by atoms with E-state index in [-0.39, 0.29) is 11.9 Å². The predicted molar refractivity (Wildman–Crippen MR) is 113 cm³/mol. The molecular formula is C22H18F6N4O3. The molecule has 1 fully saturated rings. The van der Waals surface area contributed by atoms with Gasteiger partial charge in [0.15, 0.2) is 12.4 Å². The molecule has 35 heavy (non-hydrogen) atoms. The third-order valence-electron chi connectivity index (χ3n) is 5.04. The lowest BCUT2D eigenvalue weighted by molar-refractivity contribution is -0.143. The number of para-hydroxylation sites is 2. The normalized spacial score (nSPS) is 14.7. The number of aromatic nitrogens is 2. The molecule has 2 heterocycles. The molecule has 1 amide bonds. The van der Waals surface area contributed by atoms with Gasteiger partial charge in [-0.05, 0) is 30.3 Å². The number of rotatable bonds is 5. The molecule has 7 nitrogen and oxygen atoms in total. The second kappa shape index (κ2) is 9.56. The Morgan fingerprint density at radius 3 is 2.09 bits per heavy atom. The zero-order valence-corrected chi connectivity index (χ0v) is 17.9. The van der Waals surface area contributed by atoms with E-state index in [1.807, 2.05) is 10.2 Å². The van der Waals surface area contributed by atoms with Gasteiger partial charge in [-0.3, -0.25) is 4.79 Å². The fourth-order valence-corrected chi connectivity index (χ4v) is 3.41. The molecule has 0 spiro atoms. The number of nitrogens with zero attached hydrogens (tertiary/aromatic N) is 3. The lowest BCUT2D eigenvalue weighted by atomic mass is 10.1. The Kier molecular flexibility index (Phi) is 6.70. The molecule has 1 saturated heterocycles. The Bertz CT molecular complexity index is 1190. The Hall–Kier alpha value is -3.61. The van der Waals surface area contributed by atoms with Crippen LogP contribution in [0.25, 0.3) is 11.0 Å². The van der Waals surface area contributed by atoms with Gasteiger partial charge >= 0.3 is 12.4 Å². The fraction of sp³-hybridized carbons (Fsp3) is 0.318. The Morgan fingerprint density at radius 1 is 0.943 bits per heavy atom. The number of fused-ring (bicyclic) bond motifs is 1. The highest BCUT2D eigenvalue weighted by Gasteiger charge is 2.37. The SMILES string of the molecule is O=C(COc1nc2ccccc2nc1N1CCOCC1)Nc1cc(C(F)(F)F)cc(C(F)(F)F)c1. The Labute approximate surface area is 194 Å². The van der Waals surface area contributed by atoms with Crippen LogP contribution in [0.2, 0.25) is 0 Å². The molecule has 1 N–H and O–H groups in total. The number of hydrogen-bond acceptors (Lipinski definition) is 6. The minimum Gasteiger partial charge on any atom is -0.465 e. The van der Waals surface area contributed by atoms with Gasteiger partial charge in [0.05, 0.1) is 35.4 Å². The minimum absolute atomic E-state index is 0.000716. The summed E-state index contributed by atoms with van der Waals surface area (Å²) in [5, 5.41) is 2.03. The van der Waals surface area contributed by atoms with Crippen molar-refractivity contribution in [3.8, 4) is 5.88 Å². The topological polar surface area (TPSA) is 76.6 Å². The number of carbonyl (C=O) groups is 1. The zero-order chi connectivity index (χ0) is 25.2. The summed E-state index contributed by atoms with van der Waals surface area (Å²) in [6, 6.07) is 7.75. The summed E-state index contributed by atoms with van der Waals surface area (Å²) in [6.07, 6.45) is -10.1. The van der Waals surface area contributed by atoms with Crippen molar-refractivity contribution in [3.63, 3.8) is 0 Å². The van der Waals surface area contributed by atoms with Crippen molar-refractivity contribution in [3.05, 3.63) is 53.6 Å². The predicted octanol–water partition coefficient (Wildman–Crippen LogP) is 4.52. The van der Waals surface area contributed by atoms with E-state index < -0.39 is 41.7 Å². The molecule has 13 heteroatoms. The molecule has 1 aliphatic rings. The van der Waals surface area contributed by atoms with Crippen molar-refractivity contribution in [1.29, 1.82) is 0 Å². The first-order valence-electron chi connectivity index (χ1n) is 10.3. The summed E-state index contributed by atoms with van der Waals surface area (Å²) in [5.41, 5.74) is -2.70. The Morgan fingerprint density at radius 2 is 1.51 bits per heavy atom. The third-order valence-corrected chi connectivity index (χ3v) is 5.04. The van der Waals surface area contributed by atoms with Gasteiger partial charge < -0.3 is 19.7 Å². The molecule has 0 aliphatic carbocycles. The third kappa shape index (κ3) is 5.91. The van der Waals surface area contributed by atoms with E-state index in [0.29, 0.717) is 55.3 Å². The van der Waals surface area contributed by atoms with Gasteiger partial charge in [-0.1, -0.05) is 12.1 Å². The quantitative estimate of drug-likeness (QED) is 0.520. The van der Waals surface area contributed by atoms with E-state index in [9.17, 15) is 31.1 Å². The smallest absolute Gasteiger partial charge is 0.416 e. The Balaban J connectivity index is 1.55. The molecule has 0 bridgehead atoms. The minimum atomic E-state index is -5.04. The van der Waals surface area contributed by atoms with Gasteiger partial charge in [0.2, 0.25) is 0 Å². The number of halogens is 6. The van der Waals surface area contributed by atoms with Crippen LogP contribution in [0.4, 0.5) is 37.8 Å². The molecule has 1 aliphatic heterocycles. The van der Waals surface area contributed by atoms with Crippen LogP contribution >= 0.6 is 0 Å². The van der Waals surface area contributed by atoms with E-state index in [2.05, 4.69) is 9.97 Å². The molecule has 0 saturated carbocycles. The van der Waals surface area contributed by atoms with Crippen LogP contribution in [0.5, 0.6) is 5.88 Å². The number of alkyl halides is 6. The van der Waals surface area contributed by atoms with E-state index in [1.54, 1.807) is 24.3 Å². The van der Waals surface area contributed by atoms with Crippen molar-refractivity contribution >= 4 is 28.4 Å². The van der Waals surface area contributed by atoms with Gasteiger partial charge in [0, 0.05) is 18.8 Å². The second-order valence-electron chi connectivity index (χ2n) is 7.57. The van der Waals surface area contributed by atoms with Gasteiger partial charge in [0.1, 0.15) is 0 Å². The maximum absolute atomic E-state index is 13.1. The zero-order valence-electron chi connectivity index (χ0n) is 17.9. The number of hydrogen-bond donors (Lipinski definition) is 1. The summed E-state index contributed by atoms with van der Waals surface area (Å²) < 4.78 is 89.2. The van der Waals surface area contributed by atoms with Crippen molar-refractivity contribution in [2.24, 2.45) is 0 Å². The molecule has 1 aromatic heterocycles. The lowest BCUT2D eigenvalue weighted by Gasteiger charge is -2.28. The number of anilines is 2. The molecule has 0 atom stereocenters. The van der Waals surface area contributed by atoms with E-state index in [4.69, 9.17) is 9.47 Å². The first kappa shape index (κ1) is 24.5. The maximum Gasteiger partial charge on any atom is 0.416 e. The molecular weight excluding hydrogens is 482 g/mol. The number of ether oxygens (including phenoxy) is 2. The maximum atomic E-state index is 13.1. The largest absolute Gasteiger partial charge is 0.465 e. The molecule has 0 radical (unpaired) electrons. The van der Waals surface area contributed by atoms with E-state index >= 15 is 0 Å². The van der Waals surface area contributed by atoms with Crippen LogP contribution in [-0.4, -0.2) is 48.8 Å². The van der Waals surface area contributed by atoms with Crippen molar-refractivity contribution < 1.29 is 40.6 Å². The van der Waals surface area contributed by atoms with Gasteiger partial charge in [-0.25, -0.2) is 9.97 Å². The van der Waals surface area contributed by atoms with Crippen molar-refractivity contribution in [2.75, 3.05) is 43.1 Å². The van der Waals surface area contributed by atoms with Crippen LogP contribution in [0, 0.1) is 0 Å². The number of amides is 1.